The summed E-state index contributed by atoms with van der Waals surface area (Å²) in [5, 5.41) is 4.47. The standard InChI is InChI=1S/C9H10N/c1-2-4-8(5-3-1)10-9-6-7-9/h1-5,9H,6-7H2. The van der Waals surface area contributed by atoms with Crippen molar-refractivity contribution in [3.63, 3.8) is 0 Å². The molecule has 1 aliphatic rings. The molecule has 0 amide bonds. The molecule has 0 aromatic heterocycles. The first-order chi connectivity index (χ1) is 4.95. The van der Waals surface area contributed by atoms with E-state index in [2.05, 4.69) is 17.4 Å². The predicted octanol–water partition coefficient (Wildman–Crippen LogP) is 2.08. The molecule has 10 heavy (non-hydrogen) atoms. The van der Waals surface area contributed by atoms with E-state index in [1.54, 1.807) is 0 Å². The maximum atomic E-state index is 4.47. The van der Waals surface area contributed by atoms with Crippen molar-refractivity contribution in [1.82, 2.24) is 5.32 Å². The summed E-state index contributed by atoms with van der Waals surface area (Å²) in [7, 11) is 0. The molecule has 0 N–H and O–H groups in total. The smallest absolute Gasteiger partial charge is 0.0577 e. The Kier molecular flexibility index (Phi) is 1.35. The van der Waals surface area contributed by atoms with Gasteiger partial charge in [-0.3, -0.25) is 5.32 Å². The van der Waals surface area contributed by atoms with Crippen LogP contribution in [0.3, 0.4) is 0 Å². The van der Waals surface area contributed by atoms with Crippen LogP contribution in [0.1, 0.15) is 12.8 Å². The molecule has 0 saturated heterocycles. The summed E-state index contributed by atoms with van der Waals surface area (Å²) < 4.78 is 0. The number of para-hydroxylation sites is 1. The van der Waals surface area contributed by atoms with Gasteiger partial charge < -0.3 is 0 Å². The van der Waals surface area contributed by atoms with Gasteiger partial charge in [-0.25, -0.2) is 0 Å². The molecular formula is C9H10N. The zero-order chi connectivity index (χ0) is 6.81. The van der Waals surface area contributed by atoms with Crippen molar-refractivity contribution >= 4 is 5.69 Å². The van der Waals surface area contributed by atoms with Gasteiger partial charge in [-0.15, -0.1) is 0 Å². The topological polar surface area (TPSA) is 14.1 Å². The quantitative estimate of drug-likeness (QED) is 0.585. The summed E-state index contributed by atoms with van der Waals surface area (Å²) in [5.74, 6) is 0. The van der Waals surface area contributed by atoms with E-state index in [4.69, 9.17) is 0 Å². The largest absolute Gasteiger partial charge is 0.282 e. The van der Waals surface area contributed by atoms with Crippen LogP contribution in [0.15, 0.2) is 30.3 Å². The fourth-order valence-electron chi connectivity index (χ4n) is 0.929. The molecule has 0 atom stereocenters. The summed E-state index contributed by atoms with van der Waals surface area (Å²) in [6.07, 6.45) is 2.57. The van der Waals surface area contributed by atoms with E-state index >= 15 is 0 Å². The zero-order valence-corrected chi connectivity index (χ0v) is 5.83. The Morgan fingerprint density at radius 2 is 1.80 bits per heavy atom. The van der Waals surface area contributed by atoms with Crippen LogP contribution in [0.4, 0.5) is 5.69 Å². The number of hydrogen-bond donors (Lipinski definition) is 0. The maximum Gasteiger partial charge on any atom is 0.0577 e. The van der Waals surface area contributed by atoms with Gasteiger partial charge in [0.05, 0.1) is 11.7 Å². The van der Waals surface area contributed by atoms with Gasteiger partial charge >= 0.3 is 0 Å². The van der Waals surface area contributed by atoms with Gasteiger partial charge in [-0.1, -0.05) is 18.2 Å². The second-order valence-corrected chi connectivity index (χ2v) is 2.70. The van der Waals surface area contributed by atoms with Gasteiger partial charge in [0, 0.05) is 0 Å². The molecule has 0 unspecified atom stereocenters. The average Bonchev–Trinajstić information content (AvgIpc) is 2.74. The molecule has 0 spiro atoms. The summed E-state index contributed by atoms with van der Waals surface area (Å²) >= 11 is 0. The highest BCUT2D eigenvalue weighted by Crippen LogP contribution is 2.24. The summed E-state index contributed by atoms with van der Waals surface area (Å²) in [5.41, 5.74) is 1.13. The second-order valence-electron chi connectivity index (χ2n) is 2.70. The Balaban J connectivity index is 2.03. The molecule has 1 aliphatic carbocycles. The molecule has 1 fully saturated rings. The molecule has 1 aromatic carbocycles. The Bertz CT molecular complexity index is 201. The normalized spacial score (nSPS) is 16.8. The minimum absolute atomic E-state index is 0.641. The molecule has 0 aliphatic heterocycles. The van der Waals surface area contributed by atoms with Crippen molar-refractivity contribution in [2.75, 3.05) is 0 Å². The first-order valence-electron chi connectivity index (χ1n) is 3.71. The summed E-state index contributed by atoms with van der Waals surface area (Å²) in [4.78, 5) is 0. The van der Waals surface area contributed by atoms with E-state index in [-0.39, 0.29) is 0 Å². The highest BCUT2D eigenvalue weighted by Gasteiger charge is 2.22. The molecule has 2 rings (SSSR count). The van der Waals surface area contributed by atoms with Gasteiger partial charge in [0.1, 0.15) is 0 Å². The van der Waals surface area contributed by atoms with Crippen molar-refractivity contribution < 1.29 is 0 Å². The maximum absolute atomic E-state index is 4.47. The molecular weight excluding hydrogens is 122 g/mol. The molecule has 1 nitrogen and oxygen atoms in total. The van der Waals surface area contributed by atoms with Crippen LogP contribution in [0.25, 0.3) is 0 Å². The molecule has 0 heterocycles. The van der Waals surface area contributed by atoms with E-state index in [1.165, 1.54) is 12.8 Å². The number of rotatable bonds is 2. The van der Waals surface area contributed by atoms with Crippen molar-refractivity contribution in [2.45, 2.75) is 18.9 Å². The van der Waals surface area contributed by atoms with Crippen LogP contribution < -0.4 is 5.32 Å². The first kappa shape index (κ1) is 5.78. The average molecular weight is 132 g/mol. The first-order valence-corrected chi connectivity index (χ1v) is 3.71. The molecule has 0 bridgehead atoms. The van der Waals surface area contributed by atoms with Crippen molar-refractivity contribution in [2.24, 2.45) is 0 Å². The van der Waals surface area contributed by atoms with Crippen LogP contribution in [0, 0.1) is 0 Å². The van der Waals surface area contributed by atoms with E-state index in [9.17, 15) is 0 Å². The highest BCUT2D eigenvalue weighted by atomic mass is 14.9. The lowest BCUT2D eigenvalue weighted by Crippen LogP contribution is -1.97. The van der Waals surface area contributed by atoms with Crippen molar-refractivity contribution in [1.29, 1.82) is 0 Å². The van der Waals surface area contributed by atoms with Gasteiger partial charge in [0.15, 0.2) is 0 Å². The van der Waals surface area contributed by atoms with Gasteiger partial charge in [-0.05, 0) is 25.0 Å². The van der Waals surface area contributed by atoms with E-state index in [0.29, 0.717) is 6.04 Å². The monoisotopic (exact) mass is 132 g/mol. The Hall–Kier alpha value is -0.980. The van der Waals surface area contributed by atoms with E-state index in [0.717, 1.165) is 5.69 Å². The zero-order valence-electron chi connectivity index (χ0n) is 5.83. The lowest BCUT2D eigenvalue weighted by Gasteiger charge is -1.97. The van der Waals surface area contributed by atoms with Crippen molar-refractivity contribution in [3.05, 3.63) is 30.3 Å². The minimum Gasteiger partial charge on any atom is -0.282 e. The Labute approximate surface area is 61.1 Å². The highest BCUT2D eigenvalue weighted by molar-refractivity contribution is 5.35. The number of benzene rings is 1. The molecule has 1 saturated carbocycles. The van der Waals surface area contributed by atoms with Crippen LogP contribution in [-0.4, -0.2) is 6.04 Å². The van der Waals surface area contributed by atoms with Gasteiger partial charge in [0.2, 0.25) is 0 Å². The van der Waals surface area contributed by atoms with E-state index in [1.807, 2.05) is 18.2 Å². The van der Waals surface area contributed by atoms with Crippen molar-refractivity contribution in [3.8, 4) is 0 Å². The van der Waals surface area contributed by atoms with Gasteiger partial charge in [0.25, 0.3) is 0 Å². The lowest BCUT2D eigenvalue weighted by atomic mass is 10.3. The number of hydrogen-bond acceptors (Lipinski definition) is 0. The third-order valence-corrected chi connectivity index (χ3v) is 1.63. The van der Waals surface area contributed by atoms with E-state index < -0.39 is 0 Å². The molecule has 1 heteroatoms. The summed E-state index contributed by atoms with van der Waals surface area (Å²) in [6.45, 7) is 0. The molecule has 1 aromatic rings. The predicted molar refractivity (Wildman–Crippen MR) is 41.3 cm³/mol. The fourth-order valence-corrected chi connectivity index (χ4v) is 0.929. The Morgan fingerprint density at radius 1 is 1.10 bits per heavy atom. The lowest BCUT2D eigenvalue weighted by molar-refractivity contribution is 0.856. The fraction of sp³-hybridized carbons (Fsp3) is 0.333. The minimum atomic E-state index is 0.641. The van der Waals surface area contributed by atoms with Crippen LogP contribution >= 0.6 is 0 Å². The summed E-state index contributed by atoms with van der Waals surface area (Å²) in [6, 6.07) is 10.8. The van der Waals surface area contributed by atoms with Crippen LogP contribution in [0.5, 0.6) is 0 Å². The number of nitrogens with zero attached hydrogens (tertiary/aromatic N) is 1. The SMILES string of the molecule is c1ccc([N]C2CC2)cc1. The molecule has 51 valence electrons. The third kappa shape index (κ3) is 1.29. The third-order valence-electron chi connectivity index (χ3n) is 1.63. The van der Waals surface area contributed by atoms with Crippen LogP contribution in [0.2, 0.25) is 0 Å². The van der Waals surface area contributed by atoms with Gasteiger partial charge in [-0.2, -0.15) is 0 Å². The van der Waals surface area contributed by atoms with Crippen LogP contribution in [-0.2, 0) is 0 Å². The Morgan fingerprint density at radius 3 is 2.40 bits per heavy atom. The molecule has 1 radical (unpaired) electrons. The second kappa shape index (κ2) is 2.33.